The normalized spacial score (nSPS) is 12.0. The molecule has 0 heterocycles. The largest absolute Gasteiger partial charge is 0.497 e. The van der Waals surface area contributed by atoms with Gasteiger partial charge in [0.2, 0.25) is 0 Å². The first-order valence-electron chi connectivity index (χ1n) is 9.82. The molecule has 0 fully saturated rings. The molecule has 0 aliphatic heterocycles. The minimum absolute atomic E-state index is 0.0487. The highest BCUT2D eigenvalue weighted by atomic mass is 35.5. The van der Waals surface area contributed by atoms with E-state index in [-0.39, 0.29) is 34.2 Å². The van der Waals surface area contributed by atoms with Gasteiger partial charge >= 0.3 is 0 Å². The highest BCUT2D eigenvalue weighted by Crippen LogP contribution is 2.28. The Morgan fingerprint density at radius 2 is 1.67 bits per heavy atom. The van der Waals surface area contributed by atoms with Crippen LogP contribution in [0.15, 0.2) is 71.6 Å². The molecule has 33 heavy (non-hydrogen) atoms. The van der Waals surface area contributed by atoms with Crippen molar-refractivity contribution in [3.8, 4) is 11.5 Å². The zero-order valence-electron chi connectivity index (χ0n) is 17.8. The third-order valence-corrected chi connectivity index (χ3v) is 6.59. The maximum atomic E-state index is 12.6. The lowest BCUT2D eigenvalue weighted by atomic mass is 10.1. The molecule has 1 amide bonds. The number of rotatable bonds is 9. The van der Waals surface area contributed by atoms with E-state index in [4.69, 9.17) is 32.7 Å². The predicted octanol–water partition coefficient (Wildman–Crippen LogP) is 5.06. The summed E-state index contributed by atoms with van der Waals surface area (Å²) in [5, 5.41) is 3.38. The van der Waals surface area contributed by atoms with Gasteiger partial charge in [0, 0.05) is 10.7 Å². The van der Waals surface area contributed by atoms with E-state index < -0.39 is 10.0 Å². The summed E-state index contributed by atoms with van der Waals surface area (Å²) in [6.45, 7) is 1.56. The lowest BCUT2D eigenvalue weighted by Crippen LogP contribution is -2.31. The summed E-state index contributed by atoms with van der Waals surface area (Å²) in [7, 11) is -2.29. The third-order valence-electron chi connectivity index (χ3n) is 4.66. The topological polar surface area (TPSA) is 93.7 Å². The Bertz CT molecular complexity index is 1220. The molecule has 0 spiro atoms. The van der Waals surface area contributed by atoms with Crippen molar-refractivity contribution < 1.29 is 22.7 Å². The summed E-state index contributed by atoms with van der Waals surface area (Å²) in [6, 6.07) is 17.3. The molecule has 3 aromatic carbocycles. The number of ether oxygens (including phenoxy) is 2. The van der Waals surface area contributed by atoms with Crippen LogP contribution in [-0.2, 0) is 14.8 Å². The van der Waals surface area contributed by atoms with E-state index in [9.17, 15) is 13.2 Å². The van der Waals surface area contributed by atoms with Crippen LogP contribution in [0.3, 0.4) is 0 Å². The molecule has 0 aliphatic rings. The zero-order valence-corrected chi connectivity index (χ0v) is 20.2. The van der Waals surface area contributed by atoms with Crippen LogP contribution < -0.4 is 19.5 Å². The second-order valence-corrected chi connectivity index (χ2v) is 9.58. The summed E-state index contributed by atoms with van der Waals surface area (Å²) in [5.74, 6) is 0.564. The molecule has 0 aliphatic carbocycles. The standard InChI is InChI=1S/C23H22Cl2N2O5S/c1-15(16-3-9-19(31-2)10-4-16)26-23(28)14-32-22-12-11-20(13-21(22)25)33(29,30)27-18-7-5-17(24)6-8-18/h3-13,15,27H,14H2,1-2H3,(H,26,28)/t15-/m0/s1. The second kappa shape index (κ2) is 10.8. The zero-order chi connectivity index (χ0) is 24.0. The van der Waals surface area contributed by atoms with Crippen molar-refractivity contribution in [3.05, 3.63) is 82.3 Å². The fourth-order valence-electron chi connectivity index (χ4n) is 2.90. The predicted molar refractivity (Wildman–Crippen MR) is 129 cm³/mol. The SMILES string of the molecule is COc1ccc([C@H](C)NC(=O)COc2ccc(S(=O)(=O)Nc3ccc(Cl)cc3)cc2Cl)cc1. The quantitative estimate of drug-likeness (QED) is 0.421. The van der Waals surface area contributed by atoms with Gasteiger partial charge in [-0.3, -0.25) is 9.52 Å². The lowest BCUT2D eigenvalue weighted by molar-refractivity contribution is -0.123. The van der Waals surface area contributed by atoms with Crippen LogP contribution in [0.4, 0.5) is 5.69 Å². The monoisotopic (exact) mass is 508 g/mol. The van der Waals surface area contributed by atoms with E-state index >= 15 is 0 Å². The number of nitrogens with one attached hydrogen (secondary N) is 2. The highest BCUT2D eigenvalue weighted by molar-refractivity contribution is 7.92. The fraction of sp³-hybridized carbons (Fsp3) is 0.174. The van der Waals surface area contributed by atoms with Crippen molar-refractivity contribution in [1.82, 2.24) is 5.32 Å². The van der Waals surface area contributed by atoms with E-state index in [1.807, 2.05) is 31.2 Å². The molecule has 0 radical (unpaired) electrons. The number of amides is 1. The molecule has 0 saturated heterocycles. The van der Waals surface area contributed by atoms with Gasteiger partial charge < -0.3 is 14.8 Å². The van der Waals surface area contributed by atoms with Crippen LogP contribution >= 0.6 is 23.2 Å². The van der Waals surface area contributed by atoms with Crippen LogP contribution in [0.2, 0.25) is 10.0 Å². The molecule has 0 saturated carbocycles. The molecule has 0 aromatic heterocycles. The number of sulfonamides is 1. The molecule has 3 aromatic rings. The maximum Gasteiger partial charge on any atom is 0.261 e. The summed E-state index contributed by atoms with van der Waals surface area (Å²) in [4.78, 5) is 12.2. The molecular formula is C23H22Cl2N2O5S. The van der Waals surface area contributed by atoms with Gasteiger partial charge in [-0.1, -0.05) is 35.3 Å². The Hall–Kier alpha value is -2.94. The molecule has 1 atom stereocenters. The van der Waals surface area contributed by atoms with Crippen molar-refractivity contribution >= 4 is 44.8 Å². The molecule has 10 heteroatoms. The molecule has 0 bridgehead atoms. The lowest BCUT2D eigenvalue weighted by Gasteiger charge is -2.16. The summed E-state index contributed by atoms with van der Waals surface area (Å²) in [6.07, 6.45) is 0. The van der Waals surface area contributed by atoms with Crippen LogP contribution in [0, 0.1) is 0 Å². The van der Waals surface area contributed by atoms with E-state index in [0.717, 1.165) is 11.3 Å². The van der Waals surface area contributed by atoms with Gasteiger partial charge in [-0.05, 0) is 67.1 Å². The van der Waals surface area contributed by atoms with Crippen LogP contribution in [0.1, 0.15) is 18.5 Å². The number of hydrogen-bond acceptors (Lipinski definition) is 5. The van der Waals surface area contributed by atoms with Crippen molar-refractivity contribution in [3.63, 3.8) is 0 Å². The molecular weight excluding hydrogens is 487 g/mol. The number of anilines is 1. The van der Waals surface area contributed by atoms with Gasteiger partial charge in [0.1, 0.15) is 11.5 Å². The van der Waals surface area contributed by atoms with Crippen LogP contribution in [0.25, 0.3) is 0 Å². The molecule has 2 N–H and O–H groups in total. The summed E-state index contributed by atoms with van der Waals surface area (Å²) >= 11 is 12.0. The van der Waals surface area contributed by atoms with Crippen molar-refractivity contribution in [2.45, 2.75) is 17.9 Å². The summed E-state index contributed by atoms with van der Waals surface area (Å²) < 4.78 is 38.2. The number of hydrogen-bond donors (Lipinski definition) is 2. The Labute approximate surface area is 202 Å². The first-order chi connectivity index (χ1) is 15.7. The molecule has 174 valence electrons. The Balaban J connectivity index is 1.59. The maximum absolute atomic E-state index is 12.6. The summed E-state index contributed by atoms with van der Waals surface area (Å²) in [5.41, 5.74) is 1.27. The van der Waals surface area contributed by atoms with Gasteiger partial charge in [-0.15, -0.1) is 0 Å². The number of carbonyl (C=O) groups is 1. The van der Waals surface area contributed by atoms with E-state index in [2.05, 4.69) is 10.0 Å². The molecule has 7 nitrogen and oxygen atoms in total. The number of carbonyl (C=O) groups excluding carboxylic acids is 1. The number of benzene rings is 3. The third kappa shape index (κ3) is 6.77. The van der Waals surface area contributed by atoms with Crippen molar-refractivity contribution in [1.29, 1.82) is 0 Å². The van der Waals surface area contributed by atoms with Crippen LogP contribution in [0.5, 0.6) is 11.5 Å². The van der Waals surface area contributed by atoms with Gasteiger partial charge in [-0.2, -0.15) is 0 Å². The highest BCUT2D eigenvalue weighted by Gasteiger charge is 2.17. The minimum atomic E-state index is -3.87. The Morgan fingerprint density at radius 1 is 1.00 bits per heavy atom. The molecule has 3 rings (SSSR count). The molecule has 0 unspecified atom stereocenters. The number of halogens is 2. The average molecular weight is 509 g/mol. The Morgan fingerprint density at radius 3 is 2.27 bits per heavy atom. The van der Waals surface area contributed by atoms with E-state index in [1.165, 1.54) is 18.2 Å². The average Bonchev–Trinajstić information content (AvgIpc) is 2.79. The van der Waals surface area contributed by atoms with Gasteiger partial charge in [0.15, 0.2) is 6.61 Å². The minimum Gasteiger partial charge on any atom is -0.497 e. The van der Waals surface area contributed by atoms with Crippen molar-refractivity contribution in [2.24, 2.45) is 0 Å². The Kier molecular flexibility index (Phi) is 8.07. The van der Waals surface area contributed by atoms with Crippen molar-refractivity contribution in [2.75, 3.05) is 18.4 Å². The number of methoxy groups -OCH3 is 1. The van der Waals surface area contributed by atoms with E-state index in [1.54, 1.807) is 31.4 Å². The smallest absolute Gasteiger partial charge is 0.261 e. The van der Waals surface area contributed by atoms with Gasteiger partial charge in [0.25, 0.3) is 15.9 Å². The van der Waals surface area contributed by atoms with E-state index in [0.29, 0.717) is 10.7 Å². The second-order valence-electron chi connectivity index (χ2n) is 7.06. The fourth-order valence-corrected chi connectivity index (χ4v) is 4.41. The van der Waals surface area contributed by atoms with Gasteiger partial charge in [0.05, 0.1) is 23.1 Å². The van der Waals surface area contributed by atoms with Crippen LogP contribution in [-0.4, -0.2) is 28.0 Å². The van der Waals surface area contributed by atoms with Gasteiger partial charge in [-0.25, -0.2) is 8.42 Å². The first-order valence-corrected chi connectivity index (χ1v) is 12.1. The first kappa shape index (κ1) is 24.7.